The van der Waals surface area contributed by atoms with E-state index < -0.39 is 0 Å². The molecule has 0 saturated heterocycles. The Morgan fingerprint density at radius 1 is 0.172 bits per heavy atom. The Morgan fingerprint density at radius 3 is 0.844 bits per heavy atom. The summed E-state index contributed by atoms with van der Waals surface area (Å²) in [5.74, 6) is 0. The van der Waals surface area contributed by atoms with Crippen LogP contribution in [0.1, 0.15) is 0 Å². The largest absolute Gasteiger partial charge is 0.309 e. The first-order valence-electron chi connectivity index (χ1n) is 22.0. The first-order chi connectivity index (χ1) is 31.8. The zero-order chi connectivity index (χ0) is 41.9. The third-order valence-corrected chi connectivity index (χ3v) is 13.6. The summed E-state index contributed by atoms with van der Waals surface area (Å²) in [7, 11) is 0. The molecule has 4 nitrogen and oxygen atoms in total. The molecule has 10 aromatic carbocycles. The molecule has 0 spiro atoms. The monoisotopic (exact) mass is 814 g/mol. The van der Waals surface area contributed by atoms with Crippen molar-refractivity contribution in [2.24, 2.45) is 0 Å². The third kappa shape index (κ3) is 4.99. The Bertz CT molecular complexity index is 4120. The molecule has 4 aromatic heterocycles. The van der Waals surface area contributed by atoms with Crippen molar-refractivity contribution in [3.05, 3.63) is 231 Å². The summed E-state index contributed by atoms with van der Waals surface area (Å²) in [6.45, 7) is 0. The van der Waals surface area contributed by atoms with E-state index in [1.807, 2.05) is 0 Å². The maximum Gasteiger partial charge on any atom is 0.0542 e. The summed E-state index contributed by atoms with van der Waals surface area (Å²) >= 11 is 0. The van der Waals surface area contributed by atoms with E-state index in [-0.39, 0.29) is 0 Å². The number of rotatable bonds is 5. The highest BCUT2D eigenvalue weighted by molar-refractivity contribution is 6.14. The van der Waals surface area contributed by atoms with Crippen molar-refractivity contribution in [2.75, 3.05) is 0 Å². The van der Waals surface area contributed by atoms with Crippen molar-refractivity contribution < 1.29 is 0 Å². The smallest absolute Gasteiger partial charge is 0.0542 e. The van der Waals surface area contributed by atoms with Crippen molar-refractivity contribution in [2.45, 2.75) is 0 Å². The summed E-state index contributed by atoms with van der Waals surface area (Å²) in [6, 6.07) is 84.4. The van der Waals surface area contributed by atoms with Gasteiger partial charge in [-0.05, 0) is 120 Å². The zero-order valence-corrected chi connectivity index (χ0v) is 34.7. The van der Waals surface area contributed by atoms with Crippen LogP contribution < -0.4 is 0 Å². The van der Waals surface area contributed by atoms with Gasteiger partial charge in [-0.2, -0.15) is 0 Å². The van der Waals surface area contributed by atoms with Gasteiger partial charge in [0.2, 0.25) is 0 Å². The fourth-order valence-corrected chi connectivity index (χ4v) is 10.8. The standard InChI is InChI=1S/C60H38N4/c1-2-14-41(15-3-1)61-55-23-11-6-18-47(55)50-36-39(26-33-58(50)61)40-27-34-59-51(37-40)48-19-7-13-25-57(48)64(59)44-32-35-60-52(38-44)49-20-8-12-24-56(49)63(60)43-30-28-42(29-31-43)62-53-21-9-4-16-45(53)46-17-5-10-22-54(46)62/h1-38H. The lowest BCUT2D eigenvalue weighted by atomic mass is 10.0. The molecule has 0 bridgehead atoms. The molecule has 0 aliphatic carbocycles. The number of aromatic nitrogens is 4. The lowest BCUT2D eigenvalue weighted by Gasteiger charge is -2.12. The van der Waals surface area contributed by atoms with Crippen LogP contribution >= 0.6 is 0 Å². The second-order valence-corrected chi connectivity index (χ2v) is 16.9. The predicted octanol–water partition coefficient (Wildman–Crippen LogP) is 15.7. The van der Waals surface area contributed by atoms with Gasteiger partial charge in [0.25, 0.3) is 0 Å². The number of hydrogen-bond acceptors (Lipinski definition) is 0. The van der Waals surface area contributed by atoms with Gasteiger partial charge >= 0.3 is 0 Å². The van der Waals surface area contributed by atoms with Crippen LogP contribution in [0.3, 0.4) is 0 Å². The molecule has 0 saturated carbocycles. The van der Waals surface area contributed by atoms with Gasteiger partial charge in [-0.25, -0.2) is 0 Å². The van der Waals surface area contributed by atoms with Crippen molar-refractivity contribution in [3.63, 3.8) is 0 Å². The topological polar surface area (TPSA) is 19.7 Å². The first-order valence-corrected chi connectivity index (χ1v) is 22.0. The van der Waals surface area contributed by atoms with Gasteiger partial charge in [-0.3, -0.25) is 0 Å². The molecule has 4 heteroatoms. The van der Waals surface area contributed by atoms with E-state index in [9.17, 15) is 0 Å². The van der Waals surface area contributed by atoms with E-state index >= 15 is 0 Å². The van der Waals surface area contributed by atoms with Crippen molar-refractivity contribution in [1.82, 2.24) is 18.3 Å². The molecule has 0 atom stereocenters. The third-order valence-electron chi connectivity index (χ3n) is 13.6. The van der Waals surface area contributed by atoms with Gasteiger partial charge < -0.3 is 18.3 Å². The van der Waals surface area contributed by atoms with Gasteiger partial charge in [0, 0.05) is 65.8 Å². The number of benzene rings is 10. The number of hydrogen-bond donors (Lipinski definition) is 0. The molecule has 0 amide bonds. The summed E-state index contributed by atoms with van der Waals surface area (Å²) < 4.78 is 9.61. The van der Waals surface area contributed by atoms with E-state index in [1.54, 1.807) is 0 Å². The molecule has 0 aliphatic heterocycles. The van der Waals surface area contributed by atoms with Crippen molar-refractivity contribution in [1.29, 1.82) is 0 Å². The second kappa shape index (κ2) is 13.4. The average molecular weight is 815 g/mol. The molecule has 0 fully saturated rings. The maximum atomic E-state index is 2.44. The van der Waals surface area contributed by atoms with E-state index in [0.717, 1.165) is 17.1 Å². The van der Waals surface area contributed by atoms with Crippen molar-refractivity contribution in [3.8, 4) is 33.9 Å². The Balaban J connectivity index is 0.895. The molecule has 14 aromatic rings. The molecular weight excluding hydrogens is 777 g/mol. The Morgan fingerprint density at radius 2 is 0.438 bits per heavy atom. The lowest BCUT2D eigenvalue weighted by Crippen LogP contribution is -1.97. The van der Waals surface area contributed by atoms with Crippen LogP contribution in [0.4, 0.5) is 0 Å². The Kier molecular flexibility index (Phi) is 7.36. The molecule has 0 aliphatic rings. The fourth-order valence-electron chi connectivity index (χ4n) is 10.8. The first kappa shape index (κ1) is 35.0. The number of para-hydroxylation sites is 6. The molecule has 14 rings (SSSR count). The fraction of sp³-hybridized carbons (Fsp3) is 0. The minimum atomic E-state index is 1.13. The lowest BCUT2D eigenvalue weighted by molar-refractivity contribution is 1.14. The molecule has 64 heavy (non-hydrogen) atoms. The van der Waals surface area contributed by atoms with Gasteiger partial charge in [0.15, 0.2) is 0 Å². The van der Waals surface area contributed by atoms with Gasteiger partial charge in [-0.15, -0.1) is 0 Å². The number of nitrogens with zero attached hydrogens (tertiary/aromatic N) is 4. The van der Waals surface area contributed by atoms with E-state index in [0.29, 0.717) is 0 Å². The summed E-state index contributed by atoms with van der Waals surface area (Å²) in [6.07, 6.45) is 0. The quantitative estimate of drug-likeness (QED) is 0.165. The van der Waals surface area contributed by atoms with Crippen LogP contribution in [0.15, 0.2) is 231 Å². The van der Waals surface area contributed by atoms with Gasteiger partial charge in [-0.1, -0.05) is 121 Å². The molecular formula is C60H38N4. The average Bonchev–Trinajstić information content (AvgIpc) is 4.09. The van der Waals surface area contributed by atoms with E-state index in [4.69, 9.17) is 0 Å². The minimum absolute atomic E-state index is 1.13. The van der Waals surface area contributed by atoms with E-state index in [2.05, 4.69) is 249 Å². The minimum Gasteiger partial charge on any atom is -0.309 e. The van der Waals surface area contributed by atoms with Crippen molar-refractivity contribution >= 4 is 87.2 Å². The van der Waals surface area contributed by atoms with Gasteiger partial charge in [0.05, 0.1) is 44.1 Å². The SMILES string of the molecule is c1ccc(-n2c3ccccc3c3cc(-c4ccc5c(c4)c4ccccc4n5-c4ccc5c(c4)c4ccccc4n5-c4ccc(-n5c6ccccc6c6ccccc65)cc4)ccc32)cc1. The molecule has 298 valence electrons. The van der Waals surface area contributed by atoms with Gasteiger partial charge in [0.1, 0.15) is 0 Å². The van der Waals surface area contributed by atoms with Crippen LogP contribution in [0.5, 0.6) is 0 Å². The molecule has 0 radical (unpaired) electrons. The highest BCUT2D eigenvalue weighted by atomic mass is 15.0. The molecule has 0 unspecified atom stereocenters. The van der Waals surface area contributed by atoms with Crippen LogP contribution in [-0.4, -0.2) is 18.3 Å². The summed E-state index contributed by atoms with van der Waals surface area (Å²) in [5, 5.41) is 10.00. The molecule has 4 heterocycles. The van der Waals surface area contributed by atoms with Crippen LogP contribution in [0.25, 0.3) is 121 Å². The zero-order valence-electron chi connectivity index (χ0n) is 34.7. The summed E-state index contributed by atoms with van der Waals surface area (Å²) in [4.78, 5) is 0. The van der Waals surface area contributed by atoms with E-state index in [1.165, 1.54) is 104 Å². The highest BCUT2D eigenvalue weighted by Gasteiger charge is 2.19. The van der Waals surface area contributed by atoms with Crippen LogP contribution in [-0.2, 0) is 0 Å². The Labute approximate surface area is 368 Å². The van der Waals surface area contributed by atoms with Crippen LogP contribution in [0.2, 0.25) is 0 Å². The maximum absolute atomic E-state index is 2.44. The second-order valence-electron chi connectivity index (χ2n) is 16.9. The number of fused-ring (bicyclic) bond motifs is 12. The molecule has 0 N–H and O–H groups in total. The highest BCUT2D eigenvalue weighted by Crippen LogP contribution is 2.40. The Hall–Kier alpha value is -8.60. The summed E-state index contributed by atoms with van der Waals surface area (Å²) in [5.41, 5.74) is 16.6. The predicted molar refractivity (Wildman–Crippen MR) is 269 cm³/mol. The van der Waals surface area contributed by atoms with Crippen LogP contribution in [0, 0.1) is 0 Å². The normalized spacial score (nSPS) is 12.1.